The Morgan fingerprint density at radius 3 is 2.62 bits per heavy atom. The first-order valence-corrected chi connectivity index (χ1v) is 7.04. The molecule has 110 valence electrons. The molecule has 0 saturated carbocycles. The highest BCUT2D eigenvalue weighted by Gasteiger charge is 2.21. The van der Waals surface area contributed by atoms with Crippen molar-refractivity contribution in [2.45, 2.75) is 26.4 Å². The van der Waals surface area contributed by atoms with Gasteiger partial charge in [0.2, 0.25) is 0 Å². The van der Waals surface area contributed by atoms with Crippen molar-refractivity contribution in [1.29, 1.82) is 0 Å². The van der Waals surface area contributed by atoms with Crippen molar-refractivity contribution < 1.29 is 14.6 Å². The fraction of sp³-hybridized carbons (Fsp3) is 0.235. The van der Waals surface area contributed by atoms with Gasteiger partial charge in [0.25, 0.3) is 0 Å². The molecule has 0 aromatic heterocycles. The first-order valence-electron chi connectivity index (χ1n) is 6.67. The number of benzene rings is 2. The van der Waals surface area contributed by atoms with Crippen LogP contribution < -0.4 is 4.74 Å². The van der Waals surface area contributed by atoms with E-state index in [9.17, 15) is 9.90 Å². The molecule has 0 bridgehead atoms. The number of carboxylic acids is 1. The summed E-state index contributed by atoms with van der Waals surface area (Å²) in [6.45, 7) is 3.85. The SMILES string of the molecule is Cc1cccc(O[C@H](Cc2ccc(Cl)cc2C)C(=O)O)c1. The van der Waals surface area contributed by atoms with Crippen molar-refractivity contribution in [2.75, 3.05) is 0 Å². The highest BCUT2D eigenvalue weighted by molar-refractivity contribution is 6.30. The molecule has 0 fully saturated rings. The number of carboxylic acid groups (broad SMARTS) is 1. The summed E-state index contributed by atoms with van der Waals surface area (Å²) in [6, 6.07) is 12.8. The minimum Gasteiger partial charge on any atom is -0.478 e. The number of aryl methyl sites for hydroxylation is 2. The van der Waals surface area contributed by atoms with Crippen LogP contribution >= 0.6 is 11.6 Å². The molecule has 0 radical (unpaired) electrons. The van der Waals surface area contributed by atoms with E-state index in [1.54, 1.807) is 12.1 Å². The fourth-order valence-electron chi connectivity index (χ4n) is 2.12. The Morgan fingerprint density at radius 2 is 2.00 bits per heavy atom. The largest absolute Gasteiger partial charge is 0.478 e. The van der Waals surface area contributed by atoms with Gasteiger partial charge in [0.15, 0.2) is 6.10 Å². The average Bonchev–Trinajstić information content (AvgIpc) is 2.40. The summed E-state index contributed by atoms with van der Waals surface area (Å²) in [6.07, 6.45) is -0.626. The number of hydrogen-bond acceptors (Lipinski definition) is 2. The van der Waals surface area contributed by atoms with E-state index in [-0.39, 0.29) is 0 Å². The first-order chi connectivity index (χ1) is 9.95. The molecular weight excluding hydrogens is 288 g/mol. The van der Waals surface area contributed by atoms with Gasteiger partial charge in [0.1, 0.15) is 5.75 Å². The maximum absolute atomic E-state index is 11.4. The highest BCUT2D eigenvalue weighted by atomic mass is 35.5. The van der Waals surface area contributed by atoms with E-state index in [0.717, 1.165) is 16.7 Å². The molecule has 1 N–H and O–H groups in total. The lowest BCUT2D eigenvalue weighted by Crippen LogP contribution is -2.29. The van der Waals surface area contributed by atoms with Crippen LogP contribution in [-0.2, 0) is 11.2 Å². The van der Waals surface area contributed by atoms with Crippen LogP contribution in [0.5, 0.6) is 5.75 Å². The Morgan fingerprint density at radius 1 is 1.24 bits per heavy atom. The Balaban J connectivity index is 2.18. The molecule has 3 nitrogen and oxygen atoms in total. The summed E-state index contributed by atoms with van der Waals surface area (Å²) in [7, 11) is 0. The smallest absolute Gasteiger partial charge is 0.345 e. The van der Waals surface area contributed by atoms with Crippen LogP contribution in [0.15, 0.2) is 42.5 Å². The Hall–Kier alpha value is -2.00. The second-order valence-corrected chi connectivity index (χ2v) is 5.47. The molecule has 0 spiro atoms. The zero-order valence-electron chi connectivity index (χ0n) is 12.0. The molecule has 1 atom stereocenters. The Kier molecular flexibility index (Phi) is 4.86. The minimum absolute atomic E-state index is 0.298. The van der Waals surface area contributed by atoms with Crippen molar-refractivity contribution in [3.63, 3.8) is 0 Å². The molecule has 2 aromatic carbocycles. The quantitative estimate of drug-likeness (QED) is 0.907. The molecule has 2 rings (SSSR count). The first kappa shape index (κ1) is 15.4. The molecule has 2 aromatic rings. The van der Waals surface area contributed by atoms with E-state index < -0.39 is 12.1 Å². The van der Waals surface area contributed by atoms with Crippen LogP contribution in [0.4, 0.5) is 0 Å². The fourth-order valence-corrected chi connectivity index (χ4v) is 2.35. The van der Waals surface area contributed by atoms with Gasteiger partial charge in [-0.2, -0.15) is 0 Å². The molecule has 0 amide bonds. The summed E-state index contributed by atoms with van der Waals surface area (Å²) in [5.74, 6) is -0.417. The zero-order chi connectivity index (χ0) is 15.4. The number of halogens is 1. The van der Waals surface area contributed by atoms with Gasteiger partial charge in [-0.25, -0.2) is 4.79 Å². The Bertz CT molecular complexity index is 652. The summed E-state index contributed by atoms with van der Waals surface area (Å²) >= 11 is 5.92. The summed E-state index contributed by atoms with van der Waals surface area (Å²) in [4.78, 5) is 11.4. The van der Waals surface area contributed by atoms with Crippen LogP contribution in [0.25, 0.3) is 0 Å². The molecule has 0 aliphatic rings. The van der Waals surface area contributed by atoms with Gasteiger partial charge in [-0.15, -0.1) is 0 Å². The number of ether oxygens (including phenoxy) is 1. The Labute approximate surface area is 129 Å². The van der Waals surface area contributed by atoms with Gasteiger partial charge >= 0.3 is 5.97 Å². The lowest BCUT2D eigenvalue weighted by Gasteiger charge is -2.17. The minimum atomic E-state index is -0.981. The lowest BCUT2D eigenvalue weighted by molar-refractivity contribution is -0.145. The highest BCUT2D eigenvalue weighted by Crippen LogP contribution is 2.20. The van der Waals surface area contributed by atoms with E-state index in [4.69, 9.17) is 16.3 Å². The second-order valence-electron chi connectivity index (χ2n) is 5.04. The third-order valence-electron chi connectivity index (χ3n) is 3.25. The van der Waals surface area contributed by atoms with Crippen molar-refractivity contribution >= 4 is 17.6 Å². The maximum Gasteiger partial charge on any atom is 0.345 e. The van der Waals surface area contributed by atoms with Crippen LogP contribution in [-0.4, -0.2) is 17.2 Å². The van der Waals surface area contributed by atoms with E-state index in [2.05, 4.69) is 0 Å². The number of aliphatic carboxylic acids is 1. The van der Waals surface area contributed by atoms with E-state index in [0.29, 0.717) is 17.2 Å². The second kappa shape index (κ2) is 6.64. The van der Waals surface area contributed by atoms with Gasteiger partial charge in [0, 0.05) is 11.4 Å². The number of hydrogen-bond donors (Lipinski definition) is 1. The van der Waals surface area contributed by atoms with Crippen molar-refractivity contribution in [3.8, 4) is 5.75 Å². The van der Waals surface area contributed by atoms with Crippen molar-refractivity contribution in [3.05, 3.63) is 64.2 Å². The van der Waals surface area contributed by atoms with E-state index >= 15 is 0 Å². The van der Waals surface area contributed by atoms with Gasteiger partial charge in [-0.05, 0) is 54.8 Å². The molecule has 0 unspecified atom stereocenters. The monoisotopic (exact) mass is 304 g/mol. The molecule has 0 aliphatic carbocycles. The molecule has 0 heterocycles. The third-order valence-corrected chi connectivity index (χ3v) is 3.49. The van der Waals surface area contributed by atoms with Gasteiger partial charge in [-0.3, -0.25) is 0 Å². The van der Waals surface area contributed by atoms with Crippen LogP contribution in [0.3, 0.4) is 0 Å². The maximum atomic E-state index is 11.4. The average molecular weight is 305 g/mol. The molecule has 0 aliphatic heterocycles. The van der Waals surface area contributed by atoms with Crippen molar-refractivity contribution in [1.82, 2.24) is 0 Å². The van der Waals surface area contributed by atoms with Gasteiger partial charge in [-0.1, -0.05) is 29.8 Å². The van der Waals surface area contributed by atoms with Crippen LogP contribution in [0, 0.1) is 13.8 Å². The zero-order valence-corrected chi connectivity index (χ0v) is 12.7. The van der Waals surface area contributed by atoms with E-state index in [1.165, 1.54) is 0 Å². The normalized spacial score (nSPS) is 12.0. The molecule has 0 saturated heterocycles. The van der Waals surface area contributed by atoms with Gasteiger partial charge in [0.05, 0.1) is 0 Å². The topological polar surface area (TPSA) is 46.5 Å². The molecular formula is C17H17ClO3. The van der Waals surface area contributed by atoms with Crippen LogP contribution in [0.2, 0.25) is 5.02 Å². The van der Waals surface area contributed by atoms with Gasteiger partial charge < -0.3 is 9.84 Å². The summed E-state index contributed by atoms with van der Waals surface area (Å²) in [5, 5.41) is 10.0. The van der Waals surface area contributed by atoms with E-state index in [1.807, 2.05) is 44.2 Å². The summed E-state index contributed by atoms with van der Waals surface area (Å²) in [5.41, 5.74) is 2.90. The standard InChI is InChI=1S/C17H17ClO3/c1-11-4-3-5-15(8-11)21-16(17(19)20)10-13-6-7-14(18)9-12(13)2/h3-9,16H,10H2,1-2H3,(H,19,20)/t16-/m1/s1. The number of carbonyl (C=O) groups is 1. The summed E-state index contributed by atoms with van der Waals surface area (Å²) < 4.78 is 5.61. The number of rotatable bonds is 5. The van der Waals surface area contributed by atoms with Crippen LogP contribution in [0.1, 0.15) is 16.7 Å². The predicted octanol–water partition coefficient (Wildman–Crippen LogP) is 4.03. The third kappa shape index (κ3) is 4.23. The lowest BCUT2D eigenvalue weighted by atomic mass is 10.0. The van der Waals surface area contributed by atoms with Crippen molar-refractivity contribution in [2.24, 2.45) is 0 Å². The predicted molar refractivity (Wildman–Crippen MR) is 83.1 cm³/mol. The molecule has 21 heavy (non-hydrogen) atoms. The molecule has 4 heteroatoms.